The molecule has 104 valence electrons. The summed E-state index contributed by atoms with van der Waals surface area (Å²) in [6, 6.07) is 23.8. The van der Waals surface area contributed by atoms with E-state index in [4.69, 9.17) is 0 Å². The minimum Gasteiger partial charge on any atom is -0.0651 e. The van der Waals surface area contributed by atoms with Crippen LogP contribution in [-0.4, -0.2) is 0 Å². The number of benzene rings is 3. The summed E-state index contributed by atoms with van der Waals surface area (Å²) in [5.74, 6) is 0. The van der Waals surface area contributed by atoms with Crippen molar-refractivity contribution in [2.24, 2.45) is 0 Å². The first-order valence-corrected chi connectivity index (χ1v) is 7.61. The van der Waals surface area contributed by atoms with Crippen molar-refractivity contribution in [2.45, 2.75) is 19.8 Å². The van der Waals surface area contributed by atoms with Crippen LogP contribution in [0.25, 0.3) is 22.9 Å². The molecular weight excluding hydrogens is 252 g/mol. The van der Waals surface area contributed by atoms with Crippen molar-refractivity contribution in [1.29, 1.82) is 0 Å². The van der Waals surface area contributed by atoms with Gasteiger partial charge in [-0.1, -0.05) is 92.2 Å². The smallest absolute Gasteiger partial charge is 0.0111 e. The van der Waals surface area contributed by atoms with Crippen LogP contribution in [0.5, 0.6) is 0 Å². The Hall–Kier alpha value is -2.34. The average Bonchev–Trinajstić information content (AvgIpc) is 2.54. The molecule has 3 aromatic carbocycles. The molecule has 0 radical (unpaired) electrons. The van der Waals surface area contributed by atoms with Crippen molar-refractivity contribution >= 4 is 22.9 Å². The molecule has 3 aromatic rings. The topological polar surface area (TPSA) is 0 Å². The zero-order valence-electron chi connectivity index (χ0n) is 12.4. The predicted molar refractivity (Wildman–Crippen MR) is 93.3 cm³/mol. The van der Waals surface area contributed by atoms with E-state index in [1.165, 1.54) is 33.9 Å². The van der Waals surface area contributed by atoms with E-state index in [9.17, 15) is 0 Å². The highest BCUT2D eigenvalue weighted by Gasteiger charge is 1.96. The van der Waals surface area contributed by atoms with Crippen LogP contribution in [0.1, 0.15) is 30.0 Å². The monoisotopic (exact) mass is 272 g/mol. The predicted octanol–water partition coefficient (Wildman–Crippen LogP) is 5.96. The highest BCUT2D eigenvalue weighted by atomic mass is 14.0. The van der Waals surface area contributed by atoms with E-state index in [1.54, 1.807) is 0 Å². The van der Waals surface area contributed by atoms with Crippen LogP contribution < -0.4 is 0 Å². The van der Waals surface area contributed by atoms with Crippen LogP contribution in [0.15, 0.2) is 66.7 Å². The molecule has 0 bridgehead atoms. The second-order valence-electron chi connectivity index (χ2n) is 5.39. The van der Waals surface area contributed by atoms with E-state index in [1.807, 2.05) is 0 Å². The Morgan fingerprint density at radius 3 is 2.33 bits per heavy atom. The molecule has 0 saturated heterocycles. The molecule has 0 aliphatic rings. The Bertz CT molecular complexity index is 743. The van der Waals surface area contributed by atoms with Crippen molar-refractivity contribution in [3.8, 4) is 0 Å². The maximum Gasteiger partial charge on any atom is -0.0111 e. The number of aryl methyl sites for hydroxylation is 1. The van der Waals surface area contributed by atoms with Crippen molar-refractivity contribution in [2.75, 3.05) is 0 Å². The first-order valence-electron chi connectivity index (χ1n) is 7.61. The Kier molecular flexibility index (Phi) is 4.16. The fraction of sp³-hybridized carbons (Fsp3) is 0.143. The van der Waals surface area contributed by atoms with Gasteiger partial charge in [-0.05, 0) is 33.9 Å². The number of fused-ring (bicyclic) bond motifs is 1. The highest BCUT2D eigenvalue weighted by Crippen LogP contribution is 2.20. The second kappa shape index (κ2) is 6.41. The maximum atomic E-state index is 2.23. The molecule has 21 heavy (non-hydrogen) atoms. The zero-order chi connectivity index (χ0) is 14.5. The van der Waals surface area contributed by atoms with Gasteiger partial charge in [-0.3, -0.25) is 0 Å². The third-order valence-electron chi connectivity index (χ3n) is 3.80. The van der Waals surface area contributed by atoms with Gasteiger partial charge in [0.25, 0.3) is 0 Å². The van der Waals surface area contributed by atoms with E-state index in [-0.39, 0.29) is 0 Å². The molecule has 0 heteroatoms. The standard InChI is InChI=1S/C21H20/c1-2-6-17-11-13-18(14-12-17)15-16-20-9-5-8-19-7-3-4-10-21(19)20/h3-5,7-16H,2,6H2,1H3/b16-15+. The molecule has 0 heterocycles. The summed E-state index contributed by atoms with van der Waals surface area (Å²) < 4.78 is 0. The van der Waals surface area contributed by atoms with Crippen LogP contribution in [0.4, 0.5) is 0 Å². The summed E-state index contributed by atoms with van der Waals surface area (Å²) in [5, 5.41) is 2.59. The van der Waals surface area contributed by atoms with E-state index >= 15 is 0 Å². The number of hydrogen-bond donors (Lipinski definition) is 0. The fourth-order valence-corrected chi connectivity index (χ4v) is 2.67. The summed E-state index contributed by atoms with van der Waals surface area (Å²) in [6.07, 6.45) is 6.76. The molecule has 0 saturated carbocycles. The highest BCUT2D eigenvalue weighted by molar-refractivity contribution is 5.92. The van der Waals surface area contributed by atoms with E-state index in [2.05, 4.69) is 85.8 Å². The first kappa shape index (κ1) is 13.6. The van der Waals surface area contributed by atoms with Crippen molar-refractivity contribution in [3.05, 3.63) is 83.4 Å². The molecule has 0 aromatic heterocycles. The number of rotatable bonds is 4. The summed E-state index contributed by atoms with van der Waals surface area (Å²) in [7, 11) is 0. The summed E-state index contributed by atoms with van der Waals surface area (Å²) in [4.78, 5) is 0. The van der Waals surface area contributed by atoms with Gasteiger partial charge in [0.1, 0.15) is 0 Å². The zero-order valence-corrected chi connectivity index (χ0v) is 12.4. The van der Waals surface area contributed by atoms with Gasteiger partial charge in [-0.25, -0.2) is 0 Å². The summed E-state index contributed by atoms with van der Waals surface area (Å²) >= 11 is 0. The Labute approximate surface area is 126 Å². The molecular formula is C21H20. The van der Waals surface area contributed by atoms with Crippen molar-refractivity contribution < 1.29 is 0 Å². The largest absolute Gasteiger partial charge is 0.0651 e. The lowest BCUT2D eigenvalue weighted by atomic mass is 10.0. The lowest BCUT2D eigenvalue weighted by molar-refractivity contribution is 0.922. The van der Waals surface area contributed by atoms with Gasteiger partial charge in [-0.2, -0.15) is 0 Å². The van der Waals surface area contributed by atoms with Gasteiger partial charge < -0.3 is 0 Å². The van der Waals surface area contributed by atoms with Crippen LogP contribution in [0.2, 0.25) is 0 Å². The molecule has 0 aliphatic carbocycles. The normalized spacial score (nSPS) is 11.3. The van der Waals surface area contributed by atoms with Gasteiger partial charge in [0, 0.05) is 0 Å². The summed E-state index contributed by atoms with van der Waals surface area (Å²) in [6.45, 7) is 2.22. The minimum absolute atomic E-state index is 1.16. The summed E-state index contributed by atoms with van der Waals surface area (Å²) in [5.41, 5.74) is 3.94. The van der Waals surface area contributed by atoms with Crippen LogP contribution in [-0.2, 0) is 6.42 Å². The Morgan fingerprint density at radius 1 is 0.762 bits per heavy atom. The Morgan fingerprint density at radius 2 is 1.52 bits per heavy atom. The average molecular weight is 272 g/mol. The van der Waals surface area contributed by atoms with Gasteiger partial charge in [-0.15, -0.1) is 0 Å². The van der Waals surface area contributed by atoms with E-state index in [0.29, 0.717) is 0 Å². The van der Waals surface area contributed by atoms with Crippen LogP contribution in [0.3, 0.4) is 0 Å². The molecule has 3 rings (SSSR count). The van der Waals surface area contributed by atoms with Gasteiger partial charge >= 0.3 is 0 Å². The molecule has 0 spiro atoms. The Balaban J connectivity index is 1.87. The lowest BCUT2D eigenvalue weighted by Crippen LogP contribution is -1.82. The molecule has 0 atom stereocenters. The quantitative estimate of drug-likeness (QED) is 0.514. The first-order chi connectivity index (χ1) is 10.4. The molecule has 0 unspecified atom stereocenters. The fourth-order valence-electron chi connectivity index (χ4n) is 2.67. The third kappa shape index (κ3) is 3.22. The van der Waals surface area contributed by atoms with Crippen molar-refractivity contribution in [1.82, 2.24) is 0 Å². The molecule has 0 amide bonds. The van der Waals surface area contributed by atoms with Crippen LogP contribution >= 0.6 is 0 Å². The van der Waals surface area contributed by atoms with E-state index < -0.39 is 0 Å². The third-order valence-corrected chi connectivity index (χ3v) is 3.80. The maximum absolute atomic E-state index is 2.23. The number of hydrogen-bond acceptors (Lipinski definition) is 0. The second-order valence-corrected chi connectivity index (χ2v) is 5.39. The molecule has 0 nitrogen and oxygen atoms in total. The van der Waals surface area contributed by atoms with Gasteiger partial charge in [0.15, 0.2) is 0 Å². The minimum atomic E-state index is 1.16. The van der Waals surface area contributed by atoms with E-state index in [0.717, 1.165) is 6.42 Å². The molecule has 0 aliphatic heterocycles. The van der Waals surface area contributed by atoms with Crippen molar-refractivity contribution in [3.63, 3.8) is 0 Å². The molecule has 0 fully saturated rings. The van der Waals surface area contributed by atoms with Gasteiger partial charge in [0.05, 0.1) is 0 Å². The lowest BCUT2D eigenvalue weighted by Gasteiger charge is -2.02. The SMILES string of the molecule is CCCc1ccc(/C=C/c2cccc3ccccc23)cc1. The van der Waals surface area contributed by atoms with Crippen LogP contribution in [0, 0.1) is 0 Å². The van der Waals surface area contributed by atoms with Gasteiger partial charge in [0.2, 0.25) is 0 Å². The molecule has 0 N–H and O–H groups in total.